The third-order valence-electron chi connectivity index (χ3n) is 2.79. The number of furan rings is 1. The highest BCUT2D eigenvalue weighted by Crippen LogP contribution is 2.05. The van der Waals surface area contributed by atoms with Crippen molar-refractivity contribution in [3.8, 4) is 0 Å². The number of aromatic nitrogens is 1. The van der Waals surface area contributed by atoms with E-state index in [0.29, 0.717) is 0 Å². The van der Waals surface area contributed by atoms with Crippen molar-refractivity contribution in [2.75, 3.05) is 13.1 Å². The maximum atomic E-state index is 5.25. The Balaban J connectivity index is 1.86. The van der Waals surface area contributed by atoms with Crippen molar-refractivity contribution in [3.05, 3.63) is 60.3 Å². The number of nitrogens with zero attached hydrogens (tertiary/aromatic N) is 2. The number of rotatable bonds is 6. The lowest BCUT2D eigenvalue weighted by Gasteiger charge is -2.18. The zero-order valence-electron chi connectivity index (χ0n) is 10.6. The van der Waals surface area contributed by atoms with Crippen LogP contribution in [-0.2, 0) is 6.54 Å². The molecular weight excluding hydrogens is 224 g/mol. The van der Waals surface area contributed by atoms with Crippen LogP contribution in [0.3, 0.4) is 0 Å². The van der Waals surface area contributed by atoms with Gasteiger partial charge in [-0.15, -0.1) is 0 Å². The monoisotopic (exact) mass is 242 g/mol. The van der Waals surface area contributed by atoms with E-state index >= 15 is 0 Å². The lowest BCUT2D eigenvalue weighted by atomic mass is 10.2. The van der Waals surface area contributed by atoms with E-state index in [1.165, 1.54) is 5.56 Å². The molecule has 3 heteroatoms. The van der Waals surface area contributed by atoms with Crippen LogP contribution >= 0.6 is 0 Å². The number of hydrogen-bond donors (Lipinski definition) is 0. The Morgan fingerprint density at radius 1 is 1.28 bits per heavy atom. The highest BCUT2D eigenvalue weighted by atomic mass is 16.3. The molecule has 2 heterocycles. The summed E-state index contributed by atoms with van der Waals surface area (Å²) in [5.41, 5.74) is 1.29. The van der Waals surface area contributed by atoms with Crippen LogP contribution in [0.2, 0.25) is 0 Å². The quantitative estimate of drug-likeness (QED) is 0.779. The minimum atomic E-state index is 0.898. The normalized spacial score (nSPS) is 11.4. The van der Waals surface area contributed by atoms with Gasteiger partial charge in [0.05, 0.1) is 6.26 Å². The molecule has 0 aliphatic heterocycles. The number of likely N-dealkylation sites (N-methyl/N-ethyl adjacent to an activating group) is 1. The lowest BCUT2D eigenvalue weighted by Crippen LogP contribution is -2.22. The van der Waals surface area contributed by atoms with E-state index in [9.17, 15) is 0 Å². The maximum absolute atomic E-state index is 5.25. The Morgan fingerprint density at radius 2 is 2.11 bits per heavy atom. The predicted molar refractivity (Wildman–Crippen MR) is 72.9 cm³/mol. The van der Waals surface area contributed by atoms with Gasteiger partial charge in [0.2, 0.25) is 0 Å². The van der Waals surface area contributed by atoms with Gasteiger partial charge in [-0.05, 0) is 42.4 Å². The van der Waals surface area contributed by atoms with Gasteiger partial charge in [-0.3, -0.25) is 9.88 Å². The molecule has 0 aliphatic rings. The van der Waals surface area contributed by atoms with Gasteiger partial charge in [0.1, 0.15) is 5.76 Å². The van der Waals surface area contributed by atoms with E-state index in [4.69, 9.17) is 4.42 Å². The van der Waals surface area contributed by atoms with E-state index in [2.05, 4.69) is 35.0 Å². The fourth-order valence-electron chi connectivity index (χ4n) is 1.76. The Labute approximate surface area is 108 Å². The minimum absolute atomic E-state index is 0.898. The SMILES string of the molecule is CCN(CC=Cc1ccco1)Cc1ccncc1. The van der Waals surface area contributed by atoms with Gasteiger partial charge in [-0.2, -0.15) is 0 Å². The Morgan fingerprint density at radius 3 is 2.78 bits per heavy atom. The molecule has 94 valence electrons. The van der Waals surface area contributed by atoms with Crippen LogP contribution in [-0.4, -0.2) is 23.0 Å². The molecule has 2 aromatic heterocycles. The van der Waals surface area contributed by atoms with Crippen molar-refractivity contribution in [3.63, 3.8) is 0 Å². The first-order valence-electron chi connectivity index (χ1n) is 6.20. The molecule has 0 fully saturated rings. The van der Waals surface area contributed by atoms with E-state index in [1.807, 2.05) is 30.6 Å². The second-order valence-electron chi connectivity index (χ2n) is 4.10. The van der Waals surface area contributed by atoms with E-state index < -0.39 is 0 Å². The first kappa shape index (κ1) is 12.6. The van der Waals surface area contributed by atoms with Crippen LogP contribution in [0.1, 0.15) is 18.2 Å². The molecule has 0 bridgehead atoms. The molecule has 0 saturated heterocycles. The molecule has 3 nitrogen and oxygen atoms in total. The molecule has 2 rings (SSSR count). The van der Waals surface area contributed by atoms with Crippen molar-refractivity contribution < 1.29 is 4.42 Å². The van der Waals surface area contributed by atoms with Crippen LogP contribution in [0.25, 0.3) is 6.08 Å². The molecule has 0 unspecified atom stereocenters. The molecule has 0 N–H and O–H groups in total. The Bertz CT molecular complexity index is 463. The highest BCUT2D eigenvalue weighted by molar-refractivity contribution is 5.42. The summed E-state index contributed by atoms with van der Waals surface area (Å²) in [7, 11) is 0. The fraction of sp³-hybridized carbons (Fsp3) is 0.267. The average Bonchev–Trinajstić information content (AvgIpc) is 2.92. The highest BCUT2D eigenvalue weighted by Gasteiger charge is 2.01. The summed E-state index contributed by atoms with van der Waals surface area (Å²) in [5.74, 6) is 0.898. The van der Waals surface area contributed by atoms with E-state index in [-0.39, 0.29) is 0 Å². The molecule has 2 aromatic rings. The average molecular weight is 242 g/mol. The van der Waals surface area contributed by atoms with E-state index in [0.717, 1.165) is 25.4 Å². The van der Waals surface area contributed by atoms with Crippen molar-refractivity contribution in [2.45, 2.75) is 13.5 Å². The van der Waals surface area contributed by atoms with Crippen LogP contribution in [0, 0.1) is 0 Å². The molecular formula is C15H18N2O. The predicted octanol–water partition coefficient (Wildman–Crippen LogP) is 3.21. The largest absolute Gasteiger partial charge is 0.465 e. The summed E-state index contributed by atoms with van der Waals surface area (Å²) in [6.45, 7) is 5.05. The Kier molecular flexibility index (Phi) is 4.73. The third kappa shape index (κ3) is 3.86. The van der Waals surface area contributed by atoms with Crippen molar-refractivity contribution in [1.82, 2.24) is 9.88 Å². The second kappa shape index (κ2) is 6.77. The molecule has 0 amide bonds. The molecule has 0 atom stereocenters. The second-order valence-corrected chi connectivity index (χ2v) is 4.10. The molecule has 0 saturated carbocycles. The standard InChI is InChI=1S/C15H18N2O/c1-2-17(13-14-7-9-16-10-8-14)11-3-5-15-6-4-12-18-15/h3-10,12H,2,11,13H2,1H3. The summed E-state index contributed by atoms with van der Waals surface area (Å²) in [6.07, 6.45) is 9.50. The summed E-state index contributed by atoms with van der Waals surface area (Å²) in [5, 5.41) is 0. The van der Waals surface area contributed by atoms with Crippen molar-refractivity contribution in [1.29, 1.82) is 0 Å². The fourth-order valence-corrected chi connectivity index (χ4v) is 1.76. The molecule has 18 heavy (non-hydrogen) atoms. The van der Waals surface area contributed by atoms with Gasteiger partial charge in [0.25, 0.3) is 0 Å². The summed E-state index contributed by atoms with van der Waals surface area (Å²) in [6, 6.07) is 7.96. The summed E-state index contributed by atoms with van der Waals surface area (Å²) in [4.78, 5) is 6.39. The molecule has 0 aliphatic carbocycles. The topological polar surface area (TPSA) is 29.3 Å². The van der Waals surface area contributed by atoms with Crippen molar-refractivity contribution >= 4 is 6.08 Å². The smallest absolute Gasteiger partial charge is 0.126 e. The van der Waals surface area contributed by atoms with Crippen molar-refractivity contribution in [2.24, 2.45) is 0 Å². The first-order chi connectivity index (χ1) is 8.88. The van der Waals surface area contributed by atoms with Crippen LogP contribution in [0.5, 0.6) is 0 Å². The molecule has 0 radical (unpaired) electrons. The van der Waals surface area contributed by atoms with Gasteiger partial charge < -0.3 is 4.42 Å². The van der Waals surface area contributed by atoms with Gasteiger partial charge in [-0.25, -0.2) is 0 Å². The van der Waals surface area contributed by atoms with Gasteiger partial charge in [0, 0.05) is 25.5 Å². The number of pyridine rings is 1. The van der Waals surface area contributed by atoms with Crippen LogP contribution in [0.15, 0.2) is 53.4 Å². The van der Waals surface area contributed by atoms with Crippen LogP contribution in [0.4, 0.5) is 0 Å². The first-order valence-corrected chi connectivity index (χ1v) is 6.20. The zero-order valence-corrected chi connectivity index (χ0v) is 10.6. The minimum Gasteiger partial charge on any atom is -0.465 e. The summed E-state index contributed by atoms with van der Waals surface area (Å²) >= 11 is 0. The Hall–Kier alpha value is -1.87. The molecule has 0 aromatic carbocycles. The number of hydrogen-bond acceptors (Lipinski definition) is 3. The lowest BCUT2D eigenvalue weighted by molar-refractivity contribution is 0.311. The maximum Gasteiger partial charge on any atom is 0.126 e. The van der Waals surface area contributed by atoms with Gasteiger partial charge in [-0.1, -0.05) is 13.0 Å². The molecule has 0 spiro atoms. The zero-order chi connectivity index (χ0) is 12.6. The van der Waals surface area contributed by atoms with Crippen LogP contribution < -0.4 is 0 Å². The third-order valence-corrected chi connectivity index (χ3v) is 2.79. The summed E-state index contributed by atoms with van der Waals surface area (Å²) < 4.78 is 5.25. The van der Waals surface area contributed by atoms with Gasteiger partial charge in [0.15, 0.2) is 0 Å². The van der Waals surface area contributed by atoms with Gasteiger partial charge >= 0.3 is 0 Å². The van der Waals surface area contributed by atoms with E-state index in [1.54, 1.807) is 6.26 Å².